The lowest BCUT2D eigenvalue weighted by atomic mass is 10.2. The van der Waals surface area contributed by atoms with Crippen molar-refractivity contribution in [3.05, 3.63) is 41.6 Å². The fraction of sp³-hybridized carbons (Fsp3) is 0.250. The fourth-order valence-electron chi connectivity index (χ4n) is 1.58. The second kappa shape index (κ2) is 6.37. The van der Waals surface area contributed by atoms with E-state index >= 15 is 0 Å². The molecular formula is C12H13F2N5O2. The molecule has 1 amide bonds. The molecule has 1 atom stereocenters. The molecule has 4 N–H and O–H groups in total. The number of hydrogen-bond acceptors (Lipinski definition) is 5. The molecule has 1 heterocycles. The number of hydrogen-bond donors (Lipinski definition) is 3. The minimum atomic E-state index is -1.08. The van der Waals surface area contributed by atoms with Gasteiger partial charge < -0.3 is 16.2 Å². The molecule has 0 saturated carbocycles. The maximum atomic E-state index is 13.5. The van der Waals surface area contributed by atoms with Crippen LogP contribution in [0.15, 0.2) is 24.4 Å². The molecule has 0 saturated heterocycles. The highest BCUT2D eigenvalue weighted by molar-refractivity contribution is 5.93. The zero-order chi connectivity index (χ0) is 15.4. The Morgan fingerprint density at radius 3 is 2.71 bits per heavy atom. The summed E-state index contributed by atoms with van der Waals surface area (Å²) in [5.41, 5.74) is 5.16. The first kappa shape index (κ1) is 15.0. The van der Waals surface area contributed by atoms with Crippen LogP contribution in [0.4, 0.5) is 14.6 Å². The number of nitrogens with zero attached hydrogens (tertiary/aromatic N) is 3. The van der Waals surface area contributed by atoms with Gasteiger partial charge in [-0.2, -0.15) is 0 Å². The summed E-state index contributed by atoms with van der Waals surface area (Å²) in [4.78, 5) is 11.4. The predicted octanol–water partition coefficient (Wildman–Crippen LogP) is -0.137. The summed E-state index contributed by atoms with van der Waals surface area (Å²) in [6, 6.07) is 2.45. The number of aromatic nitrogens is 3. The van der Waals surface area contributed by atoms with Crippen LogP contribution in [-0.2, 0) is 11.3 Å². The summed E-state index contributed by atoms with van der Waals surface area (Å²) >= 11 is 0. The van der Waals surface area contributed by atoms with Gasteiger partial charge in [-0.05, 0) is 12.1 Å². The highest BCUT2D eigenvalue weighted by Crippen LogP contribution is 2.13. The molecule has 0 spiro atoms. The molecule has 1 aromatic carbocycles. The van der Waals surface area contributed by atoms with Crippen molar-refractivity contribution >= 4 is 11.7 Å². The number of aliphatic hydroxyl groups excluding tert-OH is 1. The molecule has 2 aromatic rings. The first-order valence-corrected chi connectivity index (χ1v) is 6.01. The molecule has 21 heavy (non-hydrogen) atoms. The Bertz CT molecular complexity index is 626. The van der Waals surface area contributed by atoms with Crippen LogP contribution in [0.1, 0.15) is 5.56 Å². The molecule has 112 valence electrons. The van der Waals surface area contributed by atoms with Crippen LogP contribution < -0.4 is 11.1 Å². The van der Waals surface area contributed by atoms with Crippen molar-refractivity contribution in [2.75, 3.05) is 11.9 Å². The highest BCUT2D eigenvalue weighted by atomic mass is 19.1. The number of carbonyl (C=O) groups is 1. The summed E-state index contributed by atoms with van der Waals surface area (Å²) < 4.78 is 28.1. The number of benzene rings is 1. The van der Waals surface area contributed by atoms with Gasteiger partial charge in [-0.15, -0.1) is 5.10 Å². The summed E-state index contributed by atoms with van der Waals surface area (Å²) in [7, 11) is 0. The molecule has 0 aliphatic heterocycles. The third-order valence-electron chi connectivity index (χ3n) is 2.71. The lowest BCUT2D eigenvalue weighted by Crippen LogP contribution is -2.38. The molecule has 0 radical (unpaired) electrons. The zero-order valence-electron chi connectivity index (χ0n) is 10.8. The second-order valence-electron chi connectivity index (χ2n) is 4.28. The van der Waals surface area contributed by atoms with Gasteiger partial charge >= 0.3 is 0 Å². The maximum Gasteiger partial charge on any atom is 0.244 e. The van der Waals surface area contributed by atoms with Gasteiger partial charge in [0.2, 0.25) is 5.91 Å². The van der Waals surface area contributed by atoms with Crippen molar-refractivity contribution in [3.63, 3.8) is 0 Å². The Balaban J connectivity index is 2.09. The minimum absolute atomic E-state index is 0.0700. The van der Waals surface area contributed by atoms with Gasteiger partial charge in [0, 0.05) is 5.56 Å². The largest absolute Gasteiger partial charge is 0.394 e. The zero-order valence-corrected chi connectivity index (χ0v) is 10.8. The van der Waals surface area contributed by atoms with Gasteiger partial charge in [-0.1, -0.05) is 11.3 Å². The predicted molar refractivity (Wildman–Crippen MR) is 69.2 cm³/mol. The van der Waals surface area contributed by atoms with Crippen molar-refractivity contribution in [1.82, 2.24) is 15.0 Å². The standard InChI is InChI=1S/C12H13F2N5O2/c13-8-2-1-3-9(14)7(8)4-19-5-11(17-18-19)16-12(21)10(15)6-20/h1-3,5,10,20H,4,6,15H2,(H,16,21)/t10-/m1/s1. The molecule has 0 bridgehead atoms. The lowest BCUT2D eigenvalue weighted by Gasteiger charge is -2.06. The van der Waals surface area contributed by atoms with Crippen molar-refractivity contribution in [2.45, 2.75) is 12.6 Å². The van der Waals surface area contributed by atoms with Gasteiger partial charge in [-0.25, -0.2) is 13.5 Å². The van der Waals surface area contributed by atoms with E-state index in [1.807, 2.05) is 0 Å². The van der Waals surface area contributed by atoms with Crippen LogP contribution in [-0.4, -0.2) is 38.7 Å². The first-order valence-electron chi connectivity index (χ1n) is 6.01. The second-order valence-corrected chi connectivity index (χ2v) is 4.28. The van der Waals surface area contributed by atoms with E-state index in [2.05, 4.69) is 15.6 Å². The molecule has 1 aromatic heterocycles. The summed E-state index contributed by atoms with van der Waals surface area (Å²) in [6.45, 7) is -0.687. The molecule has 0 aliphatic rings. The van der Waals surface area contributed by atoms with Crippen LogP contribution in [0, 0.1) is 11.6 Å². The van der Waals surface area contributed by atoms with Crippen LogP contribution in [0.5, 0.6) is 0 Å². The van der Waals surface area contributed by atoms with E-state index in [4.69, 9.17) is 10.8 Å². The Morgan fingerprint density at radius 1 is 1.43 bits per heavy atom. The molecule has 9 heteroatoms. The lowest BCUT2D eigenvalue weighted by molar-refractivity contribution is -0.118. The Labute approximate surface area is 118 Å². The minimum Gasteiger partial charge on any atom is -0.394 e. The van der Waals surface area contributed by atoms with Crippen molar-refractivity contribution in [1.29, 1.82) is 0 Å². The van der Waals surface area contributed by atoms with E-state index in [9.17, 15) is 13.6 Å². The number of anilines is 1. The highest BCUT2D eigenvalue weighted by Gasteiger charge is 2.15. The van der Waals surface area contributed by atoms with Gasteiger partial charge in [0.15, 0.2) is 5.82 Å². The molecule has 2 rings (SSSR count). The number of aliphatic hydroxyl groups is 1. The Kier molecular flexibility index (Phi) is 4.55. The number of rotatable bonds is 5. The topological polar surface area (TPSA) is 106 Å². The number of halogens is 2. The quantitative estimate of drug-likeness (QED) is 0.712. The van der Waals surface area contributed by atoms with Crippen molar-refractivity contribution in [3.8, 4) is 0 Å². The van der Waals surface area contributed by atoms with Crippen LogP contribution in [0.2, 0.25) is 0 Å². The fourth-order valence-corrected chi connectivity index (χ4v) is 1.58. The van der Waals surface area contributed by atoms with Crippen molar-refractivity contribution in [2.24, 2.45) is 5.73 Å². The number of nitrogens with one attached hydrogen (secondary N) is 1. The molecule has 7 nitrogen and oxygen atoms in total. The molecular weight excluding hydrogens is 284 g/mol. The molecule has 0 fully saturated rings. The Morgan fingerprint density at radius 2 is 2.10 bits per heavy atom. The van der Waals surface area contributed by atoms with E-state index in [0.29, 0.717) is 0 Å². The third-order valence-corrected chi connectivity index (χ3v) is 2.71. The Hall–Kier alpha value is -2.39. The van der Waals surface area contributed by atoms with Gasteiger partial charge in [0.25, 0.3) is 0 Å². The smallest absolute Gasteiger partial charge is 0.244 e. The van der Waals surface area contributed by atoms with Gasteiger partial charge in [-0.3, -0.25) is 4.79 Å². The number of amides is 1. The maximum absolute atomic E-state index is 13.5. The number of carbonyl (C=O) groups excluding carboxylic acids is 1. The SMILES string of the molecule is N[C@H](CO)C(=O)Nc1cn(Cc2c(F)cccc2F)nn1. The monoisotopic (exact) mass is 297 g/mol. The van der Waals surface area contributed by atoms with E-state index in [1.165, 1.54) is 16.9 Å². The normalized spacial score (nSPS) is 12.2. The van der Waals surface area contributed by atoms with Crippen LogP contribution in [0.3, 0.4) is 0 Å². The van der Waals surface area contributed by atoms with E-state index < -0.39 is 30.2 Å². The van der Waals surface area contributed by atoms with Gasteiger partial charge in [0.1, 0.15) is 17.7 Å². The summed E-state index contributed by atoms with van der Waals surface area (Å²) in [5, 5.41) is 18.3. The van der Waals surface area contributed by atoms with Gasteiger partial charge in [0.05, 0.1) is 19.3 Å². The van der Waals surface area contributed by atoms with E-state index in [1.54, 1.807) is 0 Å². The average Bonchev–Trinajstić information content (AvgIpc) is 2.89. The summed E-state index contributed by atoms with van der Waals surface area (Å²) in [6.07, 6.45) is 1.30. The van der Waals surface area contributed by atoms with Crippen LogP contribution in [0.25, 0.3) is 0 Å². The van der Waals surface area contributed by atoms with E-state index in [0.717, 1.165) is 12.1 Å². The molecule has 0 unspecified atom stereocenters. The van der Waals surface area contributed by atoms with Crippen LogP contribution >= 0.6 is 0 Å². The van der Waals surface area contributed by atoms with Crippen molar-refractivity contribution < 1.29 is 18.7 Å². The molecule has 0 aliphatic carbocycles. The van der Waals surface area contributed by atoms with E-state index in [-0.39, 0.29) is 17.9 Å². The summed E-state index contributed by atoms with van der Waals surface area (Å²) in [5.74, 6) is -1.96. The first-order chi connectivity index (χ1) is 10.0. The third kappa shape index (κ3) is 3.58. The average molecular weight is 297 g/mol. The number of nitrogens with two attached hydrogens (primary N) is 1.